The monoisotopic (exact) mass is 313 g/mol. The summed E-state index contributed by atoms with van der Waals surface area (Å²) in [5, 5.41) is 0. The SMILES string of the molecule is C=C1c2ccccc2C(=O)N1CCCCCS(=O)(=O)Cl. The third-order valence-corrected chi connectivity index (χ3v) is 4.55. The minimum absolute atomic E-state index is 0.0241. The summed E-state index contributed by atoms with van der Waals surface area (Å²) in [6.07, 6.45) is 1.94. The Bertz CT molecular complexity index is 605. The van der Waals surface area contributed by atoms with E-state index < -0.39 is 9.05 Å². The molecule has 0 saturated carbocycles. The van der Waals surface area contributed by atoms with Crippen LogP contribution in [-0.4, -0.2) is 31.5 Å². The Hall–Kier alpha value is -1.33. The quantitative estimate of drug-likeness (QED) is 0.599. The molecule has 0 bridgehead atoms. The minimum Gasteiger partial charge on any atom is -0.308 e. The fourth-order valence-electron chi connectivity index (χ4n) is 2.29. The number of rotatable bonds is 6. The Labute approximate surface area is 123 Å². The molecule has 1 heterocycles. The highest BCUT2D eigenvalue weighted by Crippen LogP contribution is 2.31. The van der Waals surface area contributed by atoms with Crippen molar-refractivity contribution in [1.82, 2.24) is 4.90 Å². The number of hydrogen-bond donors (Lipinski definition) is 0. The summed E-state index contributed by atoms with van der Waals surface area (Å²) in [5.41, 5.74) is 2.28. The summed E-state index contributed by atoms with van der Waals surface area (Å²) < 4.78 is 21.6. The summed E-state index contributed by atoms with van der Waals surface area (Å²) >= 11 is 0. The molecule has 4 nitrogen and oxygen atoms in total. The normalized spacial score (nSPS) is 14.8. The number of nitrogens with zero attached hydrogens (tertiary/aromatic N) is 1. The van der Waals surface area contributed by atoms with Gasteiger partial charge in [0.2, 0.25) is 9.05 Å². The van der Waals surface area contributed by atoms with Gasteiger partial charge in [0.05, 0.1) is 5.75 Å². The lowest BCUT2D eigenvalue weighted by Crippen LogP contribution is -2.24. The van der Waals surface area contributed by atoms with E-state index in [-0.39, 0.29) is 11.7 Å². The van der Waals surface area contributed by atoms with Gasteiger partial charge in [-0.3, -0.25) is 4.79 Å². The molecule has 0 radical (unpaired) electrons. The molecule has 0 aromatic heterocycles. The van der Waals surface area contributed by atoms with Crippen LogP contribution >= 0.6 is 10.7 Å². The molecular weight excluding hydrogens is 298 g/mol. The predicted octanol–water partition coefficient (Wildman–Crippen LogP) is 2.85. The van der Waals surface area contributed by atoms with Crippen LogP contribution < -0.4 is 0 Å². The molecule has 0 saturated heterocycles. The molecule has 1 aliphatic heterocycles. The molecule has 0 aliphatic carbocycles. The fourth-order valence-corrected chi connectivity index (χ4v) is 3.17. The van der Waals surface area contributed by atoms with E-state index in [9.17, 15) is 13.2 Å². The molecule has 1 aromatic rings. The fraction of sp³-hybridized carbons (Fsp3) is 0.357. The first kappa shape index (κ1) is 15.1. The zero-order chi connectivity index (χ0) is 14.8. The second-order valence-electron chi connectivity index (χ2n) is 4.75. The maximum absolute atomic E-state index is 12.2. The zero-order valence-electron chi connectivity index (χ0n) is 11.0. The second-order valence-corrected chi connectivity index (χ2v) is 7.65. The summed E-state index contributed by atoms with van der Waals surface area (Å²) in [6, 6.07) is 7.39. The van der Waals surface area contributed by atoms with Crippen molar-refractivity contribution in [2.75, 3.05) is 12.3 Å². The van der Waals surface area contributed by atoms with Crippen molar-refractivity contribution in [2.45, 2.75) is 19.3 Å². The molecule has 0 atom stereocenters. The number of amides is 1. The molecule has 0 unspecified atom stereocenters. The highest BCUT2D eigenvalue weighted by atomic mass is 35.7. The van der Waals surface area contributed by atoms with E-state index in [1.54, 1.807) is 11.0 Å². The van der Waals surface area contributed by atoms with Crippen LogP contribution in [0.4, 0.5) is 0 Å². The van der Waals surface area contributed by atoms with E-state index in [2.05, 4.69) is 6.58 Å². The van der Waals surface area contributed by atoms with Gasteiger partial charge in [-0.1, -0.05) is 31.2 Å². The van der Waals surface area contributed by atoms with Gasteiger partial charge >= 0.3 is 0 Å². The van der Waals surface area contributed by atoms with E-state index in [1.807, 2.05) is 18.2 Å². The standard InChI is InChI=1S/C14H16ClNO3S/c1-11-12-7-3-4-8-13(12)14(17)16(11)9-5-2-6-10-20(15,18)19/h3-4,7-8H,1-2,5-6,9-10H2. The lowest BCUT2D eigenvalue weighted by atomic mass is 10.1. The topological polar surface area (TPSA) is 54.5 Å². The van der Waals surface area contributed by atoms with Gasteiger partial charge in [0.15, 0.2) is 0 Å². The van der Waals surface area contributed by atoms with Crippen molar-refractivity contribution in [3.63, 3.8) is 0 Å². The number of carbonyl (C=O) groups is 1. The number of carbonyl (C=O) groups excluding carboxylic acids is 1. The largest absolute Gasteiger partial charge is 0.308 e. The van der Waals surface area contributed by atoms with Crippen molar-refractivity contribution in [2.24, 2.45) is 0 Å². The van der Waals surface area contributed by atoms with Gasteiger partial charge in [-0.15, -0.1) is 0 Å². The summed E-state index contributed by atoms with van der Waals surface area (Å²) in [7, 11) is 1.73. The van der Waals surface area contributed by atoms with Gasteiger partial charge in [-0.25, -0.2) is 8.42 Å². The van der Waals surface area contributed by atoms with Crippen molar-refractivity contribution >= 4 is 31.3 Å². The highest BCUT2D eigenvalue weighted by molar-refractivity contribution is 8.13. The third kappa shape index (κ3) is 3.41. The van der Waals surface area contributed by atoms with Crippen molar-refractivity contribution < 1.29 is 13.2 Å². The van der Waals surface area contributed by atoms with Crippen LogP contribution in [0.2, 0.25) is 0 Å². The molecule has 2 rings (SSSR count). The van der Waals surface area contributed by atoms with E-state index in [0.29, 0.717) is 24.9 Å². The summed E-state index contributed by atoms with van der Waals surface area (Å²) in [5.74, 6) is -0.0560. The van der Waals surface area contributed by atoms with Crippen LogP contribution in [-0.2, 0) is 9.05 Å². The Morgan fingerprint density at radius 1 is 1.10 bits per heavy atom. The molecule has 20 heavy (non-hydrogen) atoms. The molecule has 6 heteroatoms. The first-order chi connectivity index (χ1) is 9.40. The molecular formula is C14H16ClNO3S. The Kier molecular flexibility index (Phi) is 4.50. The van der Waals surface area contributed by atoms with Gasteiger partial charge in [0, 0.05) is 34.1 Å². The number of benzene rings is 1. The first-order valence-electron chi connectivity index (χ1n) is 6.42. The van der Waals surface area contributed by atoms with Gasteiger partial charge in [-0.2, -0.15) is 0 Å². The van der Waals surface area contributed by atoms with E-state index >= 15 is 0 Å². The molecule has 1 aliphatic rings. The van der Waals surface area contributed by atoms with Crippen LogP contribution in [0.5, 0.6) is 0 Å². The smallest absolute Gasteiger partial charge is 0.258 e. The molecule has 1 amide bonds. The summed E-state index contributed by atoms with van der Waals surface area (Å²) in [4.78, 5) is 13.8. The number of hydrogen-bond acceptors (Lipinski definition) is 3. The van der Waals surface area contributed by atoms with Crippen molar-refractivity contribution in [3.05, 3.63) is 42.0 Å². The number of halogens is 1. The van der Waals surface area contributed by atoms with E-state index in [1.165, 1.54) is 0 Å². The molecule has 108 valence electrons. The lowest BCUT2D eigenvalue weighted by molar-refractivity contribution is 0.0849. The van der Waals surface area contributed by atoms with E-state index in [4.69, 9.17) is 10.7 Å². The average molecular weight is 314 g/mol. The van der Waals surface area contributed by atoms with Crippen molar-refractivity contribution in [1.29, 1.82) is 0 Å². The maximum Gasteiger partial charge on any atom is 0.258 e. The average Bonchev–Trinajstić information content (AvgIpc) is 2.62. The molecule has 1 aromatic carbocycles. The van der Waals surface area contributed by atoms with E-state index in [0.717, 1.165) is 17.7 Å². The summed E-state index contributed by atoms with van der Waals surface area (Å²) in [6.45, 7) is 4.50. The lowest BCUT2D eigenvalue weighted by Gasteiger charge is -2.17. The zero-order valence-corrected chi connectivity index (χ0v) is 12.6. The molecule has 0 spiro atoms. The van der Waals surface area contributed by atoms with Crippen LogP contribution in [0.3, 0.4) is 0 Å². The van der Waals surface area contributed by atoms with Crippen LogP contribution in [0, 0.1) is 0 Å². The number of unbranched alkanes of at least 4 members (excludes halogenated alkanes) is 2. The van der Waals surface area contributed by atoms with Gasteiger partial charge < -0.3 is 4.90 Å². The van der Waals surface area contributed by atoms with Crippen LogP contribution in [0.15, 0.2) is 30.8 Å². The third-order valence-electron chi connectivity index (χ3n) is 3.31. The molecule has 0 N–H and O–H groups in total. The first-order valence-corrected chi connectivity index (χ1v) is 8.90. The molecule has 0 fully saturated rings. The highest BCUT2D eigenvalue weighted by Gasteiger charge is 2.29. The van der Waals surface area contributed by atoms with Gasteiger partial charge in [0.1, 0.15) is 0 Å². The van der Waals surface area contributed by atoms with Crippen LogP contribution in [0.25, 0.3) is 5.70 Å². The second kappa shape index (κ2) is 5.97. The predicted molar refractivity (Wildman–Crippen MR) is 80.0 cm³/mol. The van der Waals surface area contributed by atoms with Crippen LogP contribution in [0.1, 0.15) is 35.2 Å². The number of fused-ring (bicyclic) bond motifs is 1. The van der Waals surface area contributed by atoms with Crippen molar-refractivity contribution in [3.8, 4) is 0 Å². The minimum atomic E-state index is -3.41. The Morgan fingerprint density at radius 2 is 1.75 bits per heavy atom. The maximum atomic E-state index is 12.2. The Balaban J connectivity index is 1.87. The van der Waals surface area contributed by atoms with Gasteiger partial charge in [-0.05, 0) is 18.9 Å². The van der Waals surface area contributed by atoms with Gasteiger partial charge in [0.25, 0.3) is 5.91 Å². The Morgan fingerprint density at radius 3 is 2.35 bits per heavy atom.